The van der Waals surface area contributed by atoms with Gasteiger partial charge in [-0.3, -0.25) is 0 Å². The van der Waals surface area contributed by atoms with E-state index in [2.05, 4.69) is 6.42 Å². The fourth-order valence-corrected chi connectivity index (χ4v) is 2.33. The predicted octanol–water partition coefficient (Wildman–Crippen LogP) is 1.63. The minimum Gasteiger partial charge on any atom is -0.151 e. The van der Waals surface area contributed by atoms with Crippen LogP contribution in [0.5, 0.6) is 0 Å². The van der Waals surface area contributed by atoms with Crippen LogP contribution in [0.1, 0.15) is 0 Å². The molecule has 0 N–H and O–H groups in total. The Hall–Kier alpha value is 0.700. The molecule has 1 fully saturated rings. The minimum absolute atomic E-state index is 1.27. The van der Waals surface area contributed by atoms with Gasteiger partial charge in [-0.1, -0.05) is 0 Å². The van der Waals surface area contributed by atoms with Gasteiger partial charge in [-0.05, 0) is 17.9 Å². The van der Waals surface area contributed by atoms with Crippen LogP contribution in [0.2, 0.25) is 0 Å². The Labute approximate surface area is 47.1 Å². The van der Waals surface area contributed by atoms with Gasteiger partial charge in [0.1, 0.15) is 0 Å². The highest BCUT2D eigenvalue weighted by Crippen LogP contribution is 2.19. The summed E-state index contributed by atoms with van der Waals surface area (Å²) in [6.07, 6.45) is 2.32. The highest BCUT2D eigenvalue weighted by atomic mass is 32.2. The molecule has 0 amide bonds. The van der Waals surface area contributed by atoms with Crippen molar-refractivity contribution < 1.29 is 0 Å². The van der Waals surface area contributed by atoms with Crippen molar-refractivity contribution in [1.82, 2.24) is 0 Å². The van der Waals surface area contributed by atoms with Crippen LogP contribution in [-0.4, -0.2) is 16.6 Å². The molecule has 0 atom stereocenters. The van der Waals surface area contributed by atoms with E-state index in [4.69, 9.17) is 0 Å². The summed E-state index contributed by atoms with van der Waals surface area (Å²) in [6.45, 7) is 0. The van der Waals surface area contributed by atoms with E-state index in [1.807, 2.05) is 23.5 Å². The number of rotatable bonds is 0. The monoisotopic (exact) mass is 119 g/mol. The van der Waals surface area contributed by atoms with Gasteiger partial charge in [0.25, 0.3) is 0 Å². The van der Waals surface area contributed by atoms with Crippen molar-refractivity contribution in [3.63, 3.8) is 0 Å². The SMILES string of the molecule is [CH]1CSCSC1. The van der Waals surface area contributed by atoms with Crippen molar-refractivity contribution in [1.29, 1.82) is 0 Å². The van der Waals surface area contributed by atoms with E-state index in [1.165, 1.54) is 16.6 Å². The van der Waals surface area contributed by atoms with Gasteiger partial charge in [0, 0.05) is 5.08 Å². The molecular weight excluding hydrogens is 112 g/mol. The molecule has 0 aliphatic carbocycles. The van der Waals surface area contributed by atoms with Gasteiger partial charge in [0.15, 0.2) is 0 Å². The Morgan fingerprint density at radius 2 is 1.83 bits per heavy atom. The molecule has 2 heteroatoms. The quantitative estimate of drug-likeness (QED) is 0.475. The van der Waals surface area contributed by atoms with Gasteiger partial charge < -0.3 is 0 Å². The number of thioether (sulfide) groups is 2. The summed E-state index contributed by atoms with van der Waals surface area (Å²) in [7, 11) is 0. The molecule has 0 bridgehead atoms. The Kier molecular flexibility index (Phi) is 2.27. The first-order valence-corrected chi connectivity index (χ1v) is 4.28. The van der Waals surface area contributed by atoms with Gasteiger partial charge in [0.2, 0.25) is 0 Å². The maximum Gasteiger partial charge on any atom is 0.0392 e. The molecule has 1 aliphatic rings. The molecule has 0 spiro atoms. The molecule has 35 valence electrons. The first-order valence-electron chi connectivity index (χ1n) is 1.97. The summed E-state index contributed by atoms with van der Waals surface area (Å²) in [5.74, 6) is 2.54. The average molecular weight is 119 g/mol. The second-order valence-electron chi connectivity index (χ2n) is 1.15. The minimum atomic E-state index is 1.27. The van der Waals surface area contributed by atoms with Crippen LogP contribution < -0.4 is 0 Å². The van der Waals surface area contributed by atoms with Crippen molar-refractivity contribution in [2.24, 2.45) is 0 Å². The van der Waals surface area contributed by atoms with Crippen LogP contribution >= 0.6 is 23.5 Å². The lowest BCUT2D eigenvalue weighted by atomic mass is 10.6. The van der Waals surface area contributed by atoms with Crippen LogP contribution in [0.15, 0.2) is 0 Å². The predicted molar refractivity (Wildman–Crippen MR) is 34.1 cm³/mol. The topological polar surface area (TPSA) is 0 Å². The van der Waals surface area contributed by atoms with E-state index < -0.39 is 0 Å². The van der Waals surface area contributed by atoms with Crippen LogP contribution in [0.25, 0.3) is 0 Å². The molecule has 1 radical (unpaired) electrons. The van der Waals surface area contributed by atoms with Crippen LogP contribution in [0.3, 0.4) is 0 Å². The van der Waals surface area contributed by atoms with Gasteiger partial charge in [-0.25, -0.2) is 0 Å². The molecule has 0 saturated carbocycles. The smallest absolute Gasteiger partial charge is 0.0392 e. The molecule has 0 aromatic heterocycles. The Balaban J connectivity index is 2.00. The highest BCUT2D eigenvalue weighted by Gasteiger charge is 1.96. The summed E-state index contributed by atoms with van der Waals surface area (Å²) in [4.78, 5) is 0. The van der Waals surface area contributed by atoms with E-state index in [-0.39, 0.29) is 0 Å². The summed E-state index contributed by atoms with van der Waals surface area (Å²) in [5.41, 5.74) is 0. The Morgan fingerprint density at radius 3 is 2.00 bits per heavy atom. The zero-order chi connectivity index (χ0) is 4.24. The van der Waals surface area contributed by atoms with E-state index in [0.717, 1.165) is 0 Å². The first-order chi connectivity index (χ1) is 3.00. The second-order valence-corrected chi connectivity index (χ2v) is 3.57. The van der Waals surface area contributed by atoms with Crippen LogP contribution in [-0.2, 0) is 0 Å². The zero-order valence-corrected chi connectivity index (χ0v) is 5.15. The Morgan fingerprint density at radius 1 is 1.17 bits per heavy atom. The van der Waals surface area contributed by atoms with Crippen molar-refractivity contribution in [2.45, 2.75) is 0 Å². The maximum absolute atomic E-state index is 2.32. The lowest BCUT2D eigenvalue weighted by Crippen LogP contribution is -1.92. The average Bonchev–Trinajstić information content (AvgIpc) is 1.72. The van der Waals surface area contributed by atoms with Gasteiger partial charge >= 0.3 is 0 Å². The summed E-state index contributed by atoms with van der Waals surface area (Å²) < 4.78 is 0. The fraction of sp³-hybridized carbons (Fsp3) is 0.750. The van der Waals surface area contributed by atoms with Crippen molar-refractivity contribution in [2.75, 3.05) is 16.6 Å². The van der Waals surface area contributed by atoms with E-state index in [0.29, 0.717) is 0 Å². The third-order valence-electron chi connectivity index (χ3n) is 0.638. The molecule has 0 aromatic carbocycles. The van der Waals surface area contributed by atoms with Crippen LogP contribution in [0, 0.1) is 6.42 Å². The van der Waals surface area contributed by atoms with Crippen molar-refractivity contribution in [3.05, 3.63) is 6.42 Å². The summed E-state index contributed by atoms with van der Waals surface area (Å²) in [5, 5.41) is 1.30. The Bertz CT molecular complexity index is 21.0. The molecule has 1 aliphatic heterocycles. The molecule has 1 rings (SSSR count). The molecule has 6 heavy (non-hydrogen) atoms. The van der Waals surface area contributed by atoms with Crippen molar-refractivity contribution in [3.8, 4) is 0 Å². The van der Waals surface area contributed by atoms with Gasteiger partial charge in [-0.15, -0.1) is 0 Å². The van der Waals surface area contributed by atoms with Gasteiger partial charge in [0.05, 0.1) is 0 Å². The fourth-order valence-electron chi connectivity index (χ4n) is 0.370. The van der Waals surface area contributed by atoms with Gasteiger partial charge in [-0.2, -0.15) is 23.5 Å². The van der Waals surface area contributed by atoms with E-state index in [1.54, 1.807) is 0 Å². The maximum atomic E-state index is 2.32. The summed E-state index contributed by atoms with van der Waals surface area (Å²) in [6, 6.07) is 0. The lowest BCUT2D eigenvalue weighted by molar-refractivity contribution is 1.43. The molecule has 1 heterocycles. The number of hydrogen-bond donors (Lipinski definition) is 0. The summed E-state index contributed by atoms with van der Waals surface area (Å²) >= 11 is 4.00. The molecule has 1 saturated heterocycles. The third kappa shape index (κ3) is 1.43. The van der Waals surface area contributed by atoms with Crippen molar-refractivity contribution >= 4 is 23.5 Å². The zero-order valence-electron chi connectivity index (χ0n) is 3.52. The molecule has 0 nitrogen and oxygen atoms in total. The highest BCUT2D eigenvalue weighted by molar-refractivity contribution is 8.16. The molecule has 0 aromatic rings. The normalized spacial score (nSPS) is 24.0. The second kappa shape index (κ2) is 2.80. The standard InChI is InChI=1S/C4H7S2/c1-2-5-4-6-3-1/h1H,2-4H2. The largest absolute Gasteiger partial charge is 0.151 e. The molecular formula is C4H7S2. The van der Waals surface area contributed by atoms with E-state index in [9.17, 15) is 0 Å². The lowest BCUT2D eigenvalue weighted by Gasteiger charge is -2.05. The van der Waals surface area contributed by atoms with Crippen LogP contribution in [0.4, 0.5) is 0 Å². The third-order valence-corrected chi connectivity index (χ3v) is 2.91. The number of hydrogen-bond acceptors (Lipinski definition) is 2. The van der Waals surface area contributed by atoms with E-state index >= 15 is 0 Å². The first kappa shape index (κ1) is 4.85. The molecule has 0 unspecified atom stereocenters.